The van der Waals surface area contributed by atoms with Crippen LogP contribution in [0.5, 0.6) is 11.5 Å². The first-order valence-corrected chi connectivity index (χ1v) is 16.8. The largest absolute Gasteiger partial charge is 0.497 e. The van der Waals surface area contributed by atoms with Crippen molar-refractivity contribution in [2.45, 2.75) is 49.5 Å². The second-order valence-corrected chi connectivity index (χ2v) is 13.1. The van der Waals surface area contributed by atoms with E-state index in [1.54, 1.807) is 38.5 Å². The number of aromatic amines is 1. The van der Waals surface area contributed by atoms with Crippen LogP contribution < -0.4 is 20.7 Å². The van der Waals surface area contributed by atoms with Gasteiger partial charge in [0, 0.05) is 19.0 Å². The highest BCUT2D eigenvalue weighted by molar-refractivity contribution is 7.53. The molecule has 1 fully saturated rings. The van der Waals surface area contributed by atoms with E-state index in [9.17, 15) is 29.0 Å². The fourth-order valence-corrected chi connectivity index (χ4v) is 6.63. The lowest BCUT2D eigenvalue weighted by atomic mass is 9.80. The molecule has 0 aliphatic carbocycles. The van der Waals surface area contributed by atoms with Crippen molar-refractivity contribution in [2.75, 3.05) is 20.8 Å². The van der Waals surface area contributed by atoms with Gasteiger partial charge in [-0.05, 0) is 47.4 Å². The zero-order valence-corrected chi connectivity index (χ0v) is 27.6. The second-order valence-electron chi connectivity index (χ2n) is 11.3. The number of aromatic nitrogens is 2. The van der Waals surface area contributed by atoms with Crippen molar-refractivity contribution in [2.24, 2.45) is 0 Å². The highest BCUT2D eigenvalue weighted by Crippen LogP contribution is 2.59. The van der Waals surface area contributed by atoms with Gasteiger partial charge in [-0.1, -0.05) is 73.4 Å². The van der Waals surface area contributed by atoms with Crippen LogP contribution >= 0.6 is 7.60 Å². The summed E-state index contributed by atoms with van der Waals surface area (Å²) in [5, 5.41) is 8.88. The van der Waals surface area contributed by atoms with Crippen molar-refractivity contribution in [3.05, 3.63) is 128 Å². The Balaban J connectivity index is 1.61. The van der Waals surface area contributed by atoms with Crippen molar-refractivity contribution in [3.8, 4) is 23.3 Å². The van der Waals surface area contributed by atoms with E-state index >= 15 is 0 Å². The molecule has 1 unspecified atom stereocenters. The third-order valence-corrected chi connectivity index (χ3v) is 9.80. The van der Waals surface area contributed by atoms with Crippen LogP contribution in [0.3, 0.4) is 0 Å². The summed E-state index contributed by atoms with van der Waals surface area (Å²) >= 11 is 0. The van der Waals surface area contributed by atoms with Crippen molar-refractivity contribution < 1.29 is 38.4 Å². The van der Waals surface area contributed by atoms with E-state index in [0.717, 1.165) is 11.0 Å². The van der Waals surface area contributed by atoms with Gasteiger partial charge in [-0.2, -0.15) is 0 Å². The Morgan fingerprint density at radius 1 is 0.958 bits per heavy atom. The minimum atomic E-state index is -5.31. The highest BCUT2D eigenvalue weighted by atomic mass is 31.2. The second kappa shape index (κ2) is 14.3. The summed E-state index contributed by atoms with van der Waals surface area (Å²) in [5.41, 5.74) is -1.09. The number of H-pyrrole nitrogens is 1. The van der Waals surface area contributed by atoms with Crippen molar-refractivity contribution >= 4 is 7.60 Å². The molecule has 0 bridgehead atoms. The van der Waals surface area contributed by atoms with Crippen LogP contribution in [0.4, 0.5) is 0 Å². The van der Waals surface area contributed by atoms with E-state index in [2.05, 4.69) is 16.8 Å². The molecule has 2 heterocycles. The van der Waals surface area contributed by atoms with Crippen LogP contribution in [-0.4, -0.2) is 56.7 Å². The third-order valence-electron chi connectivity index (χ3n) is 8.32. The van der Waals surface area contributed by atoms with Crippen molar-refractivity contribution in [1.82, 2.24) is 9.55 Å². The molecule has 1 aliphatic heterocycles. The van der Waals surface area contributed by atoms with Crippen molar-refractivity contribution in [1.29, 1.82) is 0 Å². The fraction of sp³-hybridized carbons (Fsp3) is 0.314. The van der Waals surface area contributed by atoms with E-state index in [1.165, 1.54) is 6.20 Å². The summed E-state index contributed by atoms with van der Waals surface area (Å²) in [5.74, 6) is 6.75. The van der Waals surface area contributed by atoms with Gasteiger partial charge in [-0.25, -0.2) is 4.79 Å². The molecule has 12 nitrogen and oxygen atoms in total. The van der Waals surface area contributed by atoms with E-state index in [4.69, 9.17) is 18.9 Å². The quantitative estimate of drug-likeness (QED) is 0.104. The van der Waals surface area contributed by atoms with Gasteiger partial charge in [-0.3, -0.25) is 18.9 Å². The molecule has 0 saturated carbocycles. The summed E-state index contributed by atoms with van der Waals surface area (Å²) in [6.07, 6.45) is -1.24. The lowest BCUT2D eigenvalue weighted by Crippen LogP contribution is -2.44. The Labute approximate surface area is 277 Å². The Bertz CT molecular complexity index is 1890. The first-order valence-electron chi connectivity index (χ1n) is 15.2. The van der Waals surface area contributed by atoms with Crippen LogP contribution in [0.2, 0.25) is 0 Å². The summed E-state index contributed by atoms with van der Waals surface area (Å²) in [7, 11) is -2.22. The number of methoxy groups -OCH3 is 2. The lowest BCUT2D eigenvalue weighted by Gasteiger charge is -2.38. The summed E-state index contributed by atoms with van der Waals surface area (Å²) in [4.78, 5) is 48.4. The number of rotatable bonds is 11. The van der Waals surface area contributed by atoms with Gasteiger partial charge in [0.1, 0.15) is 35.0 Å². The molecule has 3 aromatic carbocycles. The first-order chi connectivity index (χ1) is 23.0. The number of hydrogen-bond acceptors (Lipinski definition) is 8. The van der Waals surface area contributed by atoms with E-state index in [1.807, 2.05) is 61.5 Å². The molecular formula is C35H37N2O10P. The number of nitrogens with one attached hydrogen (secondary N) is 1. The van der Waals surface area contributed by atoms with Gasteiger partial charge in [0.05, 0.1) is 20.8 Å². The Morgan fingerprint density at radius 3 is 2.04 bits per heavy atom. The van der Waals surface area contributed by atoms with E-state index < -0.39 is 55.1 Å². The molecule has 5 rings (SSSR count). The SMILES string of the molecule is CCCC#Cc1cn([C@@H]2CC(O)(P(=O)(O)O)[C@H](COC(c3ccccc3)(c3ccc(OC)cc3)c3ccc(OC)cc3)O2)c(=O)[nH]c1=O. The molecule has 252 valence electrons. The number of nitrogens with zero attached hydrogens (tertiary/aromatic N) is 1. The Morgan fingerprint density at radius 2 is 1.52 bits per heavy atom. The number of unbranched alkanes of at least 4 members (excludes halogenated alkanes) is 1. The van der Waals surface area contributed by atoms with Crippen LogP contribution in [-0.2, 0) is 19.6 Å². The van der Waals surface area contributed by atoms with Crippen LogP contribution in [0.1, 0.15) is 54.7 Å². The van der Waals surface area contributed by atoms with Gasteiger partial charge >= 0.3 is 13.3 Å². The minimum absolute atomic E-state index is 0.0341. The van der Waals surface area contributed by atoms with Crippen molar-refractivity contribution in [3.63, 3.8) is 0 Å². The Kier molecular flexibility index (Phi) is 10.4. The maximum Gasteiger partial charge on any atom is 0.359 e. The van der Waals surface area contributed by atoms with Crippen LogP contribution in [0.15, 0.2) is 94.6 Å². The van der Waals surface area contributed by atoms with Gasteiger partial charge in [-0.15, -0.1) is 0 Å². The topological polar surface area (TPSA) is 170 Å². The molecular weight excluding hydrogens is 639 g/mol. The average Bonchev–Trinajstić information content (AvgIpc) is 3.44. The summed E-state index contributed by atoms with van der Waals surface area (Å²) in [6, 6.07) is 23.5. The first kappa shape index (κ1) is 34.9. The standard InChI is InChI=1S/C35H37N2O10P/c1-4-5-7-10-24-22-37(33(39)36-32(24)38)31-21-34(40,48(41,42)43)30(47-31)23-46-35(25-11-8-6-9-12-25,26-13-17-28(44-2)18-14-26)27-15-19-29(45-3)20-16-27/h6,8-9,11-20,22,30-31,40H,4-5,21,23H2,1-3H3,(H,36,38,39)(H2,41,42,43)/t30-,31-,34?/m0/s1. The smallest absolute Gasteiger partial charge is 0.359 e. The monoisotopic (exact) mass is 676 g/mol. The molecule has 4 aromatic rings. The number of aliphatic hydroxyl groups is 1. The molecule has 1 saturated heterocycles. The number of ether oxygens (including phenoxy) is 4. The molecule has 13 heteroatoms. The van der Waals surface area contributed by atoms with E-state index in [0.29, 0.717) is 34.6 Å². The number of hydrogen-bond donors (Lipinski definition) is 4. The molecule has 48 heavy (non-hydrogen) atoms. The van der Waals surface area contributed by atoms with Crippen LogP contribution in [0.25, 0.3) is 0 Å². The number of benzene rings is 3. The molecule has 4 N–H and O–H groups in total. The maximum atomic E-state index is 12.9. The lowest BCUT2D eigenvalue weighted by molar-refractivity contribution is -0.105. The molecule has 0 amide bonds. The average molecular weight is 677 g/mol. The summed E-state index contributed by atoms with van der Waals surface area (Å²) < 4.78 is 37.4. The van der Waals surface area contributed by atoms with Gasteiger partial charge in [0.15, 0.2) is 5.34 Å². The van der Waals surface area contributed by atoms with Gasteiger partial charge in [0.2, 0.25) is 0 Å². The highest BCUT2D eigenvalue weighted by Gasteiger charge is 2.60. The third kappa shape index (κ3) is 6.75. The predicted molar refractivity (Wildman–Crippen MR) is 177 cm³/mol. The summed E-state index contributed by atoms with van der Waals surface area (Å²) in [6.45, 7) is 1.39. The Hall–Kier alpha value is -4.47. The maximum absolute atomic E-state index is 12.9. The normalized spacial score (nSPS) is 19.4. The zero-order valence-electron chi connectivity index (χ0n) is 26.7. The predicted octanol–water partition coefficient (Wildman–Crippen LogP) is 3.87. The molecule has 3 atom stereocenters. The van der Waals surface area contributed by atoms with E-state index in [-0.39, 0.29) is 5.56 Å². The molecule has 0 radical (unpaired) electrons. The minimum Gasteiger partial charge on any atom is -0.497 e. The molecule has 1 aliphatic rings. The fourth-order valence-electron chi connectivity index (χ4n) is 5.72. The zero-order chi connectivity index (χ0) is 34.5. The molecule has 0 spiro atoms. The van der Waals surface area contributed by atoms with Gasteiger partial charge in [0.25, 0.3) is 5.56 Å². The molecule has 1 aromatic heterocycles. The van der Waals surface area contributed by atoms with Gasteiger partial charge < -0.3 is 33.8 Å². The van der Waals surface area contributed by atoms with Crippen LogP contribution in [0, 0.1) is 11.8 Å².